The SMILES string of the molecule is Fc1ccc(-c2[c]con2)c(F)c1. The molecule has 2 aromatic rings. The summed E-state index contributed by atoms with van der Waals surface area (Å²) in [6, 6.07) is 5.81. The molecule has 1 aromatic heterocycles. The molecule has 0 bridgehead atoms. The molecule has 1 radical (unpaired) electrons. The third-order valence-corrected chi connectivity index (χ3v) is 1.58. The highest BCUT2D eigenvalue weighted by Crippen LogP contribution is 2.20. The molecule has 0 aliphatic heterocycles. The van der Waals surface area contributed by atoms with Crippen LogP contribution in [0, 0.1) is 17.7 Å². The fourth-order valence-corrected chi connectivity index (χ4v) is 0.996. The van der Waals surface area contributed by atoms with Gasteiger partial charge in [-0.25, -0.2) is 8.78 Å². The summed E-state index contributed by atoms with van der Waals surface area (Å²) in [5.74, 6) is -1.30. The zero-order chi connectivity index (χ0) is 9.26. The zero-order valence-corrected chi connectivity index (χ0v) is 6.42. The number of nitrogens with zero attached hydrogens (tertiary/aromatic N) is 1. The van der Waals surface area contributed by atoms with E-state index in [-0.39, 0.29) is 11.3 Å². The van der Waals surface area contributed by atoms with Crippen LogP contribution in [0.2, 0.25) is 0 Å². The molecule has 0 unspecified atom stereocenters. The van der Waals surface area contributed by atoms with Crippen molar-refractivity contribution in [3.05, 3.63) is 42.2 Å². The van der Waals surface area contributed by atoms with Gasteiger partial charge in [-0.15, -0.1) is 0 Å². The Morgan fingerprint density at radius 2 is 2.15 bits per heavy atom. The monoisotopic (exact) mass is 180 g/mol. The highest BCUT2D eigenvalue weighted by atomic mass is 19.1. The number of hydrogen-bond acceptors (Lipinski definition) is 2. The van der Waals surface area contributed by atoms with Gasteiger partial charge in [-0.3, -0.25) is 0 Å². The van der Waals surface area contributed by atoms with Crippen LogP contribution in [0.15, 0.2) is 29.0 Å². The lowest BCUT2D eigenvalue weighted by Gasteiger charge is -1.96. The molecular formula is C9H4F2NO. The first-order valence-corrected chi connectivity index (χ1v) is 3.55. The van der Waals surface area contributed by atoms with Crippen LogP contribution < -0.4 is 0 Å². The first-order chi connectivity index (χ1) is 6.27. The van der Waals surface area contributed by atoms with Crippen molar-refractivity contribution in [3.63, 3.8) is 0 Å². The van der Waals surface area contributed by atoms with Gasteiger partial charge in [-0.2, -0.15) is 0 Å². The van der Waals surface area contributed by atoms with Gasteiger partial charge in [0.1, 0.15) is 23.6 Å². The van der Waals surface area contributed by atoms with Crippen molar-refractivity contribution in [2.75, 3.05) is 0 Å². The zero-order valence-electron chi connectivity index (χ0n) is 6.42. The van der Waals surface area contributed by atoms with Crippen LogP contribution in [0.25, 0.3) is 11.3 Å². The Bertz CT molecular complexity index is 412. The van der Waals surface area contributed by atoms with Gasteiger partial charge in [-0.05, 0) is 12.1 Å². The lowest BCUT2D eigenvalue weighted by Crippen LogP contribution is -1.85. The van der Waals surface area contributed by atoms with Gasteiger partial charge in [0.05, 0.1) is 6.07 Å². The van der Waals surface area contributed by atoms with Crippen molar-refractivity contribution >= 4 is 0 Å². The summed E-state index contributed by atoms with van der Waals surface area (Å²) >= 11 is 0. The van der Waals surface area contributed by atoms with E-state index in [1.807, 2.05) is 0 Å². The molecule has 0 aliphatic rings. The van der Waals surface area contributed by atoms with Crippen LogP contribution in [0.4, 0.5) is 8.78 Å². The van der Waals surface area contributed by atoms with Crippen LogP contribution >= 0.6 is 0 Å². The Hall–Kier alpha value is -1.71. The van der Waals surface area contributed by atoms with Crippen molar-refractivity contribution in [2.24, 2.45) is 0 Å². The number of aromatic nitrogens is 1. The second kappa shape index (κ2) is 2.97. The lowest BCUT2D eigenvalue weighted by molar-refractivity contribution is 0.421. The maximum Gasteiger partial charge on any atom is 0.135 e. The smallest absolute Gasteiger partial charge is 0.135 e. The first kappa shape index (κ1) is 7.91. The predicted octanol–water partition coefficient (Wildman–Crippen LogP) is 2.42. The molecule has 0 fully saturated rings. The third kappa shape index (κ3) is 1.42. The molecule has 2 rings (SSSR count). The Labute approximate surface area is 72.8 Å². The number of halogens is 2. The topological polar surface area (TPSA) is 26.0 Å². The minimum absolute atomic E-state index is 0.176. The van der Waals surface area contributed by atoms with Crippen LogP contribution in [-0.4, -0.2) is 5.16 Å². The van der Waals surface area contributed by atoms with Gasteiger partial charge in [-0.1, -0.05) is 5.16 Å². The molecule has 13 heavy (non-hydrogen) atoms. The molecular weight excluding hydrogens is 176 g/mol. The van der Waals surface area contributed by atoms with Crippen molar-refractivity contribution in [3.8, 4) is 11.3 Å². The fraction of sp³-hybridized carbons (Fsp3) is 0. The summed E-state index contributed by atoms with van der Waals surface area (Å²) < 4.78 is 30.1. The van der Waals surface area contributed by atoms with Crippen molar-refractivity contribution < 1.29 is 13.3 Å². The molecule has 4 heteroatoms. The second-order valence-corrected chi connectivity index (χ2v) is 2.43. The molecule has 0 N–H and O–H groups in total. The van der Waals surface area contributed by atoms with Crippen LogP contribution in [0.5, 0.6) is 0 Å². The normalized spacial score (nSPS) is 10.3. The van der Waals surface area contributed by atoms with Gasteiger partial charge in [0.15, 0.2) is 0 Å². The quantitative estimate of drug-likeness (QED) is 0.673. The average Bonchev–Trinajstić information content (AvgIpc) is 2.56. The fourth-order valence-electron chi connectivity index (χ4n) is 0.996. The van der Waals surface area contributed by atoms with E-state index in [1.54, 1.807) is 0 Å². The van der Waals surface area contributed by atoms with Crippen LogP contribution in [0.3, 0.4) is 0 Å². The van der Waals surface area contributed by atoms with E-state index >= 15 is 0 Å². The summed E-state index contributed by atoms with van der Waals surface area (Å²) in [4.78, 5) is 0. The predicted molar refractivity (Wildman–Crippen MR) is 40.7 cm³/mol. The Morgan fingerprint density at radius 1 is 1.31 bits per heavy atom. The van der Waals surface area contributed by atoms with E-state index in [4.69, 9.17) is 0 Å². The van der Waals surface area contributed by atoms with Crippen LogP contribution in [-0.2, 0) is 0 Å². The Morgan fingerprint density at radius 3 is 2.77 bits per heavy atom. The minimum Gasteiger partial charge on any atom is -0.363 e. The standard InChI is InChI=1S/C9H4F2NO/c10-6-1-2-7(8(11)5-6)9-3-4-13-12-9/h1-2,4-5H. The lowest BCUT2D eigenvalue weighted by atomic mass is 10.1. The summed E-state index contributed by atoms with van der Waals surface area (Å²) in [5, 5.41) is 3.48. The summed E-state index contributed by atoms with van der Waals surface area (Å²) in [6.45, 7) is 0. The summed E-state index contributed by atoms with van der Waals surface area (Å²) in [7, 11) is 0. The van der Waals surface area contributed by atoms with Crippen molar-refractivity contribution in [1.29, 1.82) is 0 Å². The van der Waals surface area contributed by atoms with Crippen LogP contribution in [0.1, 0.15) is 0 Å². The Kier molecular flexibility index (Phi) is 1.81. The maximum absolute atomic E-state index is 13.1. The molecule has 0 atom stereocenters. The molecule has 0 amide bonds. The molecule has 0 saturated carbocycles. The van der Waals surface area contributed by atoms with E-state index in [1.165, 1.54) is 12.3 Å². The van der Waals surface area contributed by atoms with E-state index < -0.39 is 11.6 Å². The minimum atomic E-state index is -0.676. The van der Waals surface area contributed by atoms with Crippen molar-refractivity contribution in [1.82, 2.24) is 5.16 Å². The number of hydrogen-bond donors (Lipinski definition) is 0. The van der Waals surface area contributed by atoms with E-state index in [2.05, 4.69) is 15.7 Å². The Balaban J connectivity index is 2.53. The molecule has 65 valence electrons. The molecule has 0 aliphatic carbocycles. The highest BCUT2D eigenvalue weighted by Gasteiger charge is 2.08. The summed E-state index contributed by atoms with van der Waals surface area (Å²) in [5.41, 5.74) is 0.410. The first-order valence-electron chi connectivity index (χ1n) is 3.55. The van der Waals surface area contributed by atoms with Gasteiger partial charge >= 0.3 is 0 Å². The van der Waals surface area contributed by atoms with Gasteiger partial charge in [0.2, 0.25) is 0 Å². The van der Waals surface area contributed by atoms with Gasteiger partial charge in [0, 0.05) is 11.6 Å². The third-order valence-electron chi connectivity index (χ3n) is 1.58. The second-order valence-electron chi connectivity index (χ2n) is 2.43. The van der Waals surface area contributed by atoms with E-state index in [9.17, 15) is 8.78 Å². The van der Waals surface area contributed by atoms with Gasteiger partial charge < -0.3 is 4.52 Å². The largest absolute Gasteiger partial charge is 0.363 e. The highest BCUT2D eigenvalue weighted by molar-refractivity contribution is 5.58. The van der Waals surface area contributed by atoms with Gasteiger partial charge in [0.25, 0.3) is 0 Å². The van der Waals surface area contributed by atoms with Crippen molar-refractivity contribution in [2.45, 2.75) is 0 Å². The summed E-state index contributed by atoms with van der Waals surface area (Å²) in [6.07, 6.45) is 1.21. The van der Waals surface area contributed by atoms with E-state index in [0.717, 1.165) is 12.1 Å². The maximum atomic E-state index is 13.1. The molecule has 0 spiro atoms. The number of rotatable bonds is 1. The molecule has 1 aromatic carbocycles. The molecule has 1 heterocycles. The molecule has 0 saturated heterocycles. The number of benzene rings is 1. The average molecular weight is 180 g/mol. The molecule has 2 nitrogen and oxygen atoms in total. The van der Waals surface area contributed by atoms with E-state index in [0.29, 0.717) is 0 Å².